The summed E-state index contributed by atoms with van der Waals surface area (Å²) >= 11 is 0. The molecule has 2 aromatic carbocycles. The third-order valence-electron chi connectivity index (χ3n) is 3.66. The van der Waals surface area contributed by atoms with Gasteiger partial charge in [0.1, 0.15) is 0 Å². The average Bonchev–Trinajstić information content (AvgIpc) is 3.02. The number of aromatic nitrogens is 4. The van der Waals surface area contributed by atoms with Crippen molar-refractivity contribution in [3.8, 4) is 5.69 Å². The van der Waals surface area contributed by atoms with Crippen LogP contribution in [0, 0.1) is 13.8 Å². The second-order valence-corrected chi connectivity index (χ2v) is 5.56. The summed E-state index contributed by atoms with van der Waals surface area (Å²) in [5.74, 6) is 0.500. The molecule has 0 bridgehead atoms. The molecule has 0 unspecified atom stereocenters. The minimum atomic E-state index is -0.626. The van der Waals surface area contributed by atoms with Crippen LogP contribution in [0.25, 0.3) is 5.69 Å². The molecule has 0 saturated heterocycles. The molecule has 6 heteroatoms. The van der Waals surface area contributed by atoms with Crippen LogP contribution in [0.5, 0.6) is 0 Å². The van der Waals surface area contributed by atoms with Crippen LogP contribution >= 0.6 is 0 Å². The van der Waals surface area contributed by atoms with Crippen LogP contribution in [0.3, 0.4) is 0 Å². The SMILES string of the molecule is Cc1ccc([C@H](O)CNc2nnnn2-c2ccc(C)cc2)cc1. The lowest BCUT2D eigenvalue weighted by atomic mass is 10.1. The Morgan fingerprint density at radius 1 is 1.00 bits per heavy atom. The zero-order valence-corrected chi connectivity index (χ0v) is 13.1. The van der Waals surface area contributed by atoms with Crippen LogP contribution < -0.4 is 5.32 Å². The second kappa shape index (κ2) is 6.58. The van der Waals surface area contributed by atoms with Crippen LogP contribution in [0.4, 0.5) is 5.95 Å². The van der Waals surface area contributed by atoms with Crippen molar-refractivity contribution in [2.45, 2.75) is 20.0 Å². The van der Waals surface area contributed by atoms with Gasteiger partial charge in [0, 0.05) is 6.54 Å². The van der Waals surface area contributed by atoms with Gasteiger partial charge in [-0.3, -0.25) is 0 Å². The first-order chi connectivity index (χ1) is 11.1. The highest BCUT2D eigenvalue weighted by Gasteiger charge is 2.11. The monoisotopic (exact) mass is 309 g/mol. The molecule has 0 aliphatic rings. The van der Waals surface area contributed by atoms with Gasteiger partial charge in [-0.2, -0.15) is 4.68 Å². The van der Waals surface area contributed by atoms with Crippen molar-refractivity contribution in [2.24, 2.45) is 0 Å². The number of nitrogens with zero attached hydrogens (tertiary/aromatic N) is 4. The molecule has 0 aliphatic heterocycles. The first kappa shape index (κ1) is 15.2. The van der Waals surface area contributed by atoms with E-state index in [-0.39, 0.29) is 0 Å². The van der Waals surface area contributed by atoms with Gasteiger partial charge in [0.05, 0.1) is 11.8 Å². The van der Waals surface area contributed by atoms with E-state index in [1.54, 1.807) is 4.68 Å². The predicted molar refractivity (Wildman–Crippen MR) is 88.5 cm³/mol. The maximum Gasteiger partial charge on any atom is 0.247 e. The topological polar surface area (TPSA) is 75.9 Å². The largest absolute Gasteiger partial charge is 0.387 e. The zero-order valence-electron chi connectivity index (χ0n) is 13.1. The molecule has 1 aromatic heterocycles. The van der Waals surface area contributed by atoms with Gasteiger partial charge in [0.2, 0.25) is 5.95 Å². The van der Waals surface area contributed by atoms with E-state index in [4.69, 9.17) is 0 Å². The number of nitrogens with one attached hydrogen (secondary N) is 1. The van der Waals surface area contributed by atoms with Crippen LogP contribution in [-0.4, -0.2) is 31.9 Å². The van der Waals surface area contributed by atoms with Gasteiger partial charge in [-0.15, -0.1) is 0 Å². The number of tetrazole rings is 1. The lowest BCUT2D eigenvalue weighted by Gasteiger charge is -2.13. The molecule has 0 amide bonds. The lowest BCUT2D eigenvalue weighted by Crippen LogP contribution is -2.15. The van der Waals surface area contributed by atoms with Gasteiger partial charge in [-0.25, -0.2) is 0 Å². The highest BCUT2D eigenvalue weighted by atomic mass is 16.3. The summed E-state index contributed by atoms with van der Waals surface area (Å²) < 4.78 is 1.61. The van der Waals surface area contributed by atoms with E-state index < -0.39 is 6.10 Å². The summed E-state index contributed by atoms with van der Waals surface area (Å²) in [4.78, 5) is 0. The highest BCUT2D eigenvalue weighted by molar-refractivity contribution is 5.40. The smallest absolute Gasteiger partial charge is 0.247 e. The van der Waals surface area contributed by atoms with E-state index in [9.17, 15) is 5.11 Å². The molecule has 1 heterocycles. The molecule has 23 heavy (non-hydrogen) atoms. The lowest BCUT2D eigenvalue weighted by molar-refractivity contribution is 0.191. The highest BCUT2D eigenvalue weighted by Crippen LogP contribution is 2.16. The molecule has 0 spiro atoms. The van der Waals surface area contributed by atoms with Crippen LogP contribution in [0.1, 0.15) is 22.8 Å². The molecule has 118 valence electrons. The van der Waals surface area contributed by atoms with Gasteiger partial charge in [0.15, 0.2) is 0 Å². The molecule has 0 aliphatic carbocycles. The quantitative estimate of drug-likeness (QED) is 0.757. The summed E-state index contributed by atoms with van der Waals surface area (Å²) in [7, 11) is 0. The fourth-order valence-corrected chi connectivity index (χ4v) is 2.25. The second-order valence-electron chi connectivity index (χ2n) is 5.56. The number of aliphatic hydroxyl groups excluding tert-OH is 1. The number of hydrogen-bond donors (Lipinski definition) is 2. The predicted octanol–water partition coefficient (Wildman–Crippen LogP) is 2.42. The van der Waals surface area contributed by atoms with Crippen LogP contribution in [0.2, 0.25) is 0 Å². The summed E-state index contributed by atoms with van der Waals surface area (Å²) in [6.45, 7) is 4.37. The fraction of sp³-hybridized carbons (Fsp3) is 0.235. The van der Waals surface area contributed by atoms with Crippen LogP contribution in [-0.2, 0) is 0 Å². The van der Waals surface area contributed by atoms with Gasteiger partial charge in [-0.05, 0) is 42.0 Å². The first-order valence-corrected chi connectivity index (χ1v) is 7.47. The summed E-state index contributed by atoms with van der Waals surface area (Å²) in [5.41, 5.74) is 4.06. The van der Waals surface area contributed by atoms with Gasteiger partial charge in [0.25, 0.3) is 0 Å². The van der Waals surface area contributed by atoms with Gasteiger partial charge >= 0.3 is 0 Å². The Morgan fingerprint density at radius 2 is 1.61 bits per heavy atom. The maximum atomic E-state index is 10.3. The molecule has 0 fully saturated rings. The van der Waals surface area contributed by atoms with E-state index in [0.717, 1.165) is 16.8 Å². The van der Waals surface area contributed by atoms with E-state index in [1.807, 2.05) is 62.4 Å². The molecule has 3 rings (SSSR count). The minimum absolute atomic E-state index is 0.329. The molecule has 0 radical (unpaired) electrons. The van der Waals surface area contributed by atoms with E-state index in [0.29, 0.717) is 12.5 Å². The number of aryl methyl sites for hydroxylation is 2. The van der Waals surface area contributed by atoms with Gasteiger partial charge < -0.3 is 10.4 Å². The van der Waals surface area contributed by atoms with Crippen LogP contribution in [0.15, 0.2) is 48.5 Å². The van der Waals surface area contributed by atoms with Crippen molar-refractivity contribution in [1.29, 1.82) is 0 Å². The molecule has 6 nitrogen and oxygen atoms in total. The Balaban J connectivity index is 1.70. The van der Waals surface area contributed by atoms with Crippen molar-refractivity contribution in [1.82, 2.24) is 20.2 Å². The fourth-order valence-electron chi connectivity index (χ4n) is 2.25. The number of hydrogen-bond acceptors (Lipinski definition) is 5. The normalized spacial score (nSPS) is 12.1. The summed E-state index contributed by atoms with van der Waals surface area (Å²) in [5, 5.41) is 25.0. The van der Waals surface area contributed by atoms with E-state index in [2.05, 4.69) is 20.8 Å². The Kier molecular flexibility index (Phi) is 4.34. The molecule has 3 aromatic rings. The summed E-state index contributed by atoms with van der Waals surface area (Å²) in [6.07, 6.45) is -0.626. The number of rotatable bonds is 5. The van der Waals surface area contributed by atoms with E-state index >= 15 is 0 Å². The maximum absolute atomic E-state index is 10.3. The van der Waals surface area contributed by atoms with Crippen molar-refractivity contribution in [2.75, 3.05) is 11.9 Å². The zero-order chi connectivity index (χ0) is 16.2. The Bertz CT molecular complexity index is 764. The van der Waals surface area contributed by atoms with Crippen molar-refractivity contribution >= 4 is 5.95 Å². The number of aliphatic hydroxyl groups is 1. The van der Waals surface area contributed by atoms with Crippen molar-refractivity contribution in [3.63, 3.8) is 0 Å². The third kappa shape index (κ3) is 3.54. The Morgan fingerprint density at radius 3 is 2.26 bits per heavy atom. The molecule has 2 N–H and O–H groups in total. The molecule has 0 saturated carbocycles. The molecular weight excluding hydrogens is 290 g/mol. The van der Waals surface area contributed by atoms with Gasteiger partial charge in [-0.1, -0.05) is 52.6 Å². The summed E-state index contributed by atoms with van der Waals surface area (Å²) in [6, 6.07) is 15.7. The number of benzene rings is 2. The average molecular weight is 309 g/mol. The first-order valence-electron chi connectivity index (χ1n) is 7.47. The van der Waals surface area contributed by atoms with E-state index in [1.165, 1.54) is 5.56 Å². The van der Waals surface area contributed by atoms with Crippen molar-refractivity contribution in [3.05, 3.63) is 65.2 Å². The minimum Gasteiger partial charge on any atom is -0.387 e. The molecule has 1 atom stereocenters. The standard InChI is InChI=1S/C17H19N5O/c1-12-3-7-14(8-4-12)16(23)11-18-17-19-20-21-22(17)15-9-5-13(2)6-10-15/h3-10,16,23H,11H2,1-2H3,(H,18,19,21)/t16-/m1/s1. The third-order valence-corrected chi connectivity index (χ3v) is 3.66. The molecular formula is C17H19N5O. The Hall–Kier alpha value is -2.73. The number of anilines is 1. The van der Waals surface area contributed by atoms with Crippen molar-refractivity contribution < 1.29 is 5.11 Å². The Labute approximate surface area is 134 Å².